The first-order chi connectivity index (χ1) is 7.38. The topological polar surface area (TPSA) is 54.4 Å². The van der Waals surface area contributed by atoms with Crippen molar-refractivity contribution in [1.29, 1.82) is 0 Å². The molecule has 0 radical (unpaired) electrons. The maximum Gasteiger partial charge on any atom is 0.295 e. The second kappa shape index (κ2) is 6.68. The molecular weight excluding hydrogens is 260 g/mol. The van der Waals surface area contributed by atoms with E-state index in [1.54, 1.807) is 6.20 Å². The molecule has 1 N–H and O–H groups in total. The standard InChI is InChI=1S/C10H16N4OS.ClH/c1-8(10-11-5-6-16-10)12-13-9(15)7-14(2,3)4;/h5-6H,7H2,1-4H3;1H. The van der Waals surface area contributed by atoms with Crippen LogP contribution in [0.5, 0.6) is 0 Å². The summed E-state index contributed by atoms with van der Waals surface area (Å²) in [5.74, 6) is -0.0941. The van der Waals surface area contributed by atoms with E-state index in [0.717, 1.165) is 10.7 Å². The fourth-order valence-electron chi connectivity index (χ4n) is 1.06. The summed E-state index contributed by atoms with van der Waals surface area (Å²) in [4.78, 5) is 15.6. The third-order valence-electron chi connectivity index (χ3n) is 1.71. The van der Waals surface area contributed by atoms with Gasteiger partial charge in [-0.1, -0.05) is 0 Å². The molecule has 0 saturated heterocycles. The molecule has 0 aliphatic heterocycles. The average molecular weight is 277 g/mol. The summed E-state index contributed by atoms with van der Waals surface area (Å²) in [7, 11) is 5.87. The number of quaternary nitrogens is 1. The maximum absolute atomic E-state index is 11.5. The summed E-state index contributed by atoms with van der Waals surface area (Å²) in [5, 5.41) is 6.71. The maximum atomic E-state index is 11.5. The summed E-state index contributed by atoms with van der Waals surface area (Å²) in [6, 6.07) is 0. The van der Waals surface area contributed by atoms with Crippen molar-refractivity contribution in [3.63, 3.8) is 0 Å². The molecule has 0 unspecified atom stereocenters. The number of carbonyl (C=O) groups is 1. The Hall–Kier alpha value is -0.980. The number of aromatic nitrogens is 1. The number of thiazole rings is 1. The highest BCUT2D eigenvalue weighted by molar-refractivity contribution is 7.11. The van der Waals surface area contributed by atoms with Gasteiger partial charge in [0.15, 0.2) is 6.54 Å². The van der Waals surface area contributed by atoms with Gasteiger partial charge in [-0.05, 0) is 6.92 Å². The zero-order valence-electron chi connectivity index (χ0n) is 10.4. The fraction of sp³-hybridized carbons (Fsp3) is 0.500. The summed E-state index contributed by atoms with van der Waals surface area (Å²) < 4.78 is 0.581. The lowest BCUT2D eigenvalue weighted by atomic mass is 10.4. The Bertz CT molecular complexity index is 384. The monoisotopic (exact) mass is 276 g/mol. The summed E-state index contributed by atoms with van der Waals surface area (Å²) in [6.07, 6.45) is 1.72. The quantitative estimate of drug-likeness (QED) is 0.382. The van der Waals surface area contributed by atoms with Gasteiger partial charge in [0.1, 0.15) is 5.01 Å². The Balaban J connectivity index is 0.00000256. The number of nitrogens with zero attached hydrogens (tertiary/aromatic N) is 3. The number of rotatable bonds is 4. The SMILES string of the molecule is C/C(=N\NC(=O)C[N+](C)(C)C)c1nccs1.[Cl-]. The number of hydrazone groups is 1. The molecule has 17 heavy (non-hydrogen) atoms. The lowest BCUT2D eigenvalue weighted by Crippen LogP contribution is -3.00. The number of likely N-dealkylation sites (N-methyl/N-ethyl adjacent to an activating group) is 1. The number of halogens is 1. The van der Waals surface area contributed by atoms with Crippen molar-refractivity contribution in [3.05, 3.63) is 16.6 Å². The third kappa shape index (κ3) is 6.35. The van der Waals surface area contributed by atoms with Crippen molar-refractivity contribution in [2.45, 2.75) is 6.92 Å². The Labute approximate surface area is 112 Å². The van der Waals surface area contributed by atoms with Gasteiger partial charge >= 0.3 is 0 Å². The van der Waals surface area contributed by atoms with E-state index in [1.165, 1.54) is 11.3 Å². The van der Waals surface area contributed by atoms with E-state index in [4.69, 9.17) is 0 Å². The van der Waals surface area contributed by atoms with Gasteiger partial charge in [0, 0.05) is 11.6 Å². The lowest BCUT2D eigenvalue weighted by Gasteiger charge is -2.22. The van der Waals surface area contributed by atoms with Gasteiger partial charge < -0.3 is 16.9 Å². The minimum atomic E-state index is -0.0941. The van der Waals surface area contributed by atoms with E-state index in [0.29, 0.717) is 11.0 Å². The first-order valence-corrected chi connectivity index (χ1v) is 5.80. The average Bonchev–Trinajstić information content (AvgIpc) is 2.64. The van der Waals surface area contributed by atoms with Crippen molar-refractivity contribution >= 4 is 23.0 Å². The number of hydrogen-bond donors (Lipinski definition) is 1. The molecule has 0 aliphatic rings. The molecule has 0 aliphatic carbocycles. The molecule has 5 nitrogen and oxygen atoms in total. The summed E-state index contributed by atoms with van der Waals surface area (Å²) in [6.45, 7) is 2.22. The Morgan fingerprint density at radius 3 is 2.65 bits per heavy atom. The van der Waals surface area contributed by atoms with Crippen LogP contribution < -0.4 is 17.8 Å². The van der Waals surface area contributed by atoms with Crippen LogP contribution in [0.15, 0.2) is 16.7 Å². The molecule has 1 heterocycles. The van der Waals surface area contributed by atoms with Gasteiger partial charge in [-0.15, -0.1) is 11.3 Å². The second-order valence-electron chi connectivity index (χ2n) is 4.52. The fourth-order valence-corrected chi connectivity index (χ4v) is 1.65. The van der Waals surface area contributed by atoms with Crippen LogP contribution in [-0.2, 0) is 4.79 Å². The predicted molar refractivity (Wildman–Crippen MR) is 65.4 cm³/mol. The zero-order chi connectivity index (χ0) is 12.2. The van der Waals surface area contributed by atoms with Crippen molar-refractivity contribution in [2.75, 3.05) is 27.7 Å². The smallest absolute Gasteiger partial charge is 0.295 e. The number of nitrogens with one attached hydrogen (secondary N) is 1. The number of hydrogen-bond acceptors (Lipinski definition) is 4. The first-order valence-electron chi connectivity index (χ1n) is 4.92. The van der Waals surface area contributed by atoms with E-state index in [-0.39, 0.29) is 18.3 Å². The van der Waals surface area contributed by atoms with E-state index >= 15 is 0 Å². The van der Waals surface area contributed by atoms with Crippen LogP contribution in [-0.4, -0.2) is 48.8 Å². The molecule has 0 fully saturated rings. The Morgan fingerprint density at radius 1 is 1.53 bits per heavy atom. The van der Waals surface area contributed by atoms with Gasteiger partial charge in [-0.3, -0.25) is 4.79 Å². The molecule has 0 bridgehead atoms. The molecule has 0 spiro atoms. The van der Waals surface area contributed by atoms with Crippen LogP contribution in [0.25, 0.3) is 0 Å². The van der Waals surface area contributed by atoms with Crippen LogP contribution >= 0.6 is 11.3 Å². The van der Waals surface area contributed by atoms with E-state index in [9.17, 15) is 4.79 Å². The molecule has 1 rings (SSSR count). The molecule has 7 heteroatoms. The summed E-state index contributed by atoms with van der Waals surface area (Å²) in [5.41, 5.74) is 3.25. The Morgan fingerprint density at radius 2 is 2.18 bits per heavy atom. The highest BCUT2D eigenvalue weighted by Crippen LogP contribution is 2.04. The molecular formula is C10H17ClN4OS. The molecule has 0 aromatic carbocycles. The zero-order valence-corrected chi connectivity index (χ0v) is 12.0. The van der Waals surface area contributed by atoms with Crippen molar-refractivity contribution in [3.8, 4) is 0 Å². The minimum Gasteiger partial charge on any atom is -1.00 e. The first kappa shape index (κ1) is 16.0. The number of carbonyl (C=O) groups excluding carboxylic acids is 1. The van der Waals surface area contributed by atoms with Gasteiger partial charge in [-0.2, -0.15) is 5.10 Å². The third-order valence-corrected chi connectivity index (χ3v) is 2.59. The second-order valence-corrected chi connectivity index (χ2v) is 5.41. The van der Waals surface area contributed by atoms with Crippen LogP contribution in [0.1, 0.15) is 11.9 Å². The molecule has 1 aromatic rings. The molecule has 1 amide bonds. The van der Waals surface area contributed by atoms with Crippen LogP contribution in [0, 0.1) is 0 Å². The van der Waals surface area contributed by atoms with Gasteiger partial charge in [0.2, 0.25) is 0 Å². The Kier molecular flexibility index (Phi) is 6.30. The molecule has 1 aromatic heterocycles. The van der Waals surface area contributed by atoms with E-state index < -0.39 is 0 Å². The number of amides is 1. The van der Waals surface area contributed by atoms with Crippen LogP contribution in [0.3, 0.4) is 0 Å². The van der Waals surface area contributed by atoms with Gasteiger partial charge in [-0.25, -0.2) is 10.4 Å². The van der Waals surface area contributed by atoms with Crippen LogP contribution in [0.4, 0.5) is 0 Å². The van der Waals surface area contributed by atoms with E-state index in [1.807, 2.05) is 33.4 Å². The lowest BCUT2D eigenvalue weighted by molar-refractivity contribution is -0.862. The predicted octanol–water partition coefficient (Wildman–Crippen LogP) is -2.31. The minimum absolute atomic E-state index is 0. The molecule has 0 saturated carbocycles. The molecule has 0 atom stereocenters. The highest BCUT2D eigenvalue weighted by atomic mass is 35.5. The van der Waals surface area contributed by atoms with Crippen molar-refractivity contribution in [2.24, 2.45) is 5.10 Å². The van der Waals surface area contributed by atoms with Gasteiger partial charge in [0.05, 0.1) is 26.9 Å². The molecule has 96 valence electrons. The van der Waals surface area contributed by atoms with Crippen molar-refractivity contribution < 1.29 is 21.7 Å². The van der Waals surface area contributed by atoms with Crippen molar-refractivity contribution in [1.82, 2.24) is 10.4 Å². The summed E-state index contributed by atoms with van der Waals surface area (Å²) >= 11 is 1.50. The van der Waals surface area contributed by atoms with Crippen LogP contribution in [0.2, 0.25) is 0 Å². The van der Waals surface area contributed by atoms with E-state index in [2.05, 4.69) is 15.5 Å². The highest BCUT2D eigenvalue weighted by Gasteiger charge is 2.13. The largest absolute Gasteiger partial charge is 1.00 e. The normalized spacial score (nSPS) is 11.9. The van der Waals surface area contributed by atoms with Gasteiger partial charge in [0.25, 0.3) is 5.91 Å².